The van der Waals surface area contributed by atoms with Crippen molar-refractivity contribution < 1.29 is 13.9 Å². The first-order valence-electron chi connectivity index (χ1n) is 11.0. The molecule has 0 spiro atoms. The molecule has 1 N–H and O–H groups in total. The average Bonchev–Trinajstić information content (AvgIpc) is 3.52. The van der Waals surface area contributed by atoms with Crippen LogP contribution in [0, 0.1) is 11.6 Å². The van der Waals surface area contributed by atoms with E-state index in [-0.39, 0.29) is 12.1 Å². The Morgan fingerprint density at radius 3 is 2.75 bits per heavy atom. The van der Waals surface area contributed by atoms with Gasteiger partial charge in [-0.05, 0) is 61.7 Å². The van der Waals surface area contributed by atoms with Crippen molar-refractivity contribution in [2.75, 3.05) is 29.4 Å². The highest BCUT2D eigenvalue weighted by Crippen LogP contribution is 2.37. The van der Waals surface area contributed by atoms with Gasteiger partial charge in [0.25, 0.3) is 0 Å². The number of aliphatic hydroxyl groups excluding tert-OH is 1. The second-order valence-corrected chi connectivity index (χ2v) is 8.66. The summed E-state index contributed by atoms with van der Waals surface area (Å²) in [7, 11) is 0. The third-order valence-electron chi connectivity index (χ3n) is 6.63. The summed E-state index contributed by atoms with van der Waals surface area (Å²) < 4.78 is 30.1. The molecule has 2 fully saturated rings. The van der Waals surface area contributed by atoms with Crippen LogP contribution in [0.25, 0.3) is 16.6 Å². The van der Waals surface area contributed by atoms with Crippen LogP contribution in [0.2, 0.25) is 0 Å². The van der Waals surface area contributed by atoms with E-state index < -0.39 is 11.6 Å². The topological polar surface area (TPSA) is 56.9 Å². The van der Waals surface area contributed by atoms with Crippen LogP contribution in [-0.4, -0.2) is 45.4 Å². The number of halogens is 2. The van der Waals surface area contributed by atoms with E-state index >= 15 is 0 Å². The lowest BCUT2D eigenvalue weighted by Crippen LogP contribution is -2.24. The first kappa shape index (κ1) is 19.4. The average molecular weight is 435 g/mol. The van der Waals surface area contributed by atoms with Crippen LogP contribution in [0.5, 0.6) is 0 Å². The molecule has 6 nitrogen and oxygen atoms in total. The minimum atomic E-state index is -0.432. The Labute approximate surface area is 183 Å². The van der Waals surface area contributed by atoms with Gasteiger partial charge in [-0.25, -0.2) is 18.3 Å². The van der Waals surface area contributed by atoms with Gasteiger partial charge in [-0.2, -0.15) is 5.10 Å². The summed E-state index contributed by atoms with van der Waals surface area (Å²) in [6, 6.07) is 11.3. The first-order valence-corrected chi connectivity index (χ1v) is 11.0. The molecular weight excluding hydrogens is 412 g/mol. The molecule has 6 rings (SSSR count). The standard InChI is InChI=1S/C24H23F2N5O/c25-15-3-5-20(26)18(12-15)22-2-1-9-30(22)23-8-11-31-24(27-23)19-13-16(4-6-21(19)28-31)29-10-7-17(32)14-29/h3-6,8,11-13,17,22,32H,1-2,7,9-10,14H2. The van der Waals surface area contributed by atoms with Gasteiger partial charge in [-0.1, -0.05) is 0 Å². The van der Waals surface area contributed by atoms with Gasteiger partial charge in [-0.15, -0.1) is 0 Å². The fourth-order valence-corrected chi connectivity index (χ4v) is 5.04. The first-order chi connectivity index (χ1) is 15.6. The Morgan fingerprint density at radius 2 is 1.91 bits per heavy atom. The van der Waals surface area contributed by atoms with Crippen molar-refractivity contribution >= 4 is 28.1 Å². The Kier molecular flexibility index (Phi) is 4.50. The van der Waals surface area contributed by atoms with Gasteiger partial charge in [0, 0.05) is 42.5 Å². The molecule has 4 aromatic rings. The molecule has 2 aliphatic heterocycles. The predicted octanol–water partition coefficient (Wildman–Crippen LogP) is 4.07. The molecular formula is C24H23F2N5O. The van der Waals surface area contributed by atoms with Gasteiger partial charge >= 0.3 is 0 Å². The smallest absolute Gasteiger partial charge is 0.165 e. The molecule has 0 saturated carbocycles. The van der Waals surface area contributed by atoms with E-state index in [1.165, 1.54) is 12.1 Å². The highest BCUT2D eigenvalue weighted by molar-refractivity contribution is 5.94. The molecule has 32 heavy (non-hydrogen) atoms. The van der Waals surface area contributed by atoms with Crippen molar-refractivity contribution in [1.29, 1.82) is 0 Å². The Bertz CT molecular complexity index is 1320. The maximum absolute atomic E-state index is 14.5. The zero-order valence-electron chi connectivity index (χ0n) is 17.5. The van der Waals surface area contributed by atoms with Gasteiger partial charge in [0.15, 0.2) is 5.65 Å². The normalized spacial score (nSPS) is 21.3. The molecule has 0 amide bonds. The lowest BCUT2D eigenvalue weighted by atomic mass is 10.0. The maximum atomic E-state index is 14.5. The molecule has 8 heteroatoms. The fourth-order valence-electron chi connectivity index (χ4n) is 5.04. The number of aromatic nitrogens is 3. The zero-order chi connectivity index (χ0) is 21.8. The number of β-amino-alcohol motifs (C(OH)–C–C–N with tert-alkyl or cyclic N) is 1. The summed E-state index contributed by atoms with van der Waals surface area (Å²) in [6.07, 6.45) is 3.97. The highest BCUT2D eigenvalue weighted by atomic mass is 19.1. The molecule has 164 valence electrons. The molecule has 0 bridgehead atoms. The number of hydrogen-bond acceptors (Lipinski definition) is 5. The molecule has 2 aromatic carbocycles. The molecule has 2 aromatic heterocycles. The van der Waals surface area contributed by atoms with E-state index in [1.54, 1.807) is 4.52 Å². The number of hydrogen-bond donors (Lipinski definition) is 1. The van der Waals surface area contributed by atoms with Gasteiger partial charge in [0.05, 0.1) is 17.7 Å². The second-order valence-electron chi connectivity index (χ2n) is 8.66. The van der Waals surface area contributed by atoms with Crippen LogP contribution in [0.3, 0.4) is 0 Å². The predicted molar refractivity (Wildman–Crippen MR) is 119 cm³/mol. The largest absolute Gasteiger partial charge is 0.391 e. The lowest BCUT2D eigenvalue weighted by Gasteiger charge is -2.26. The van der Waals surface area contributed by atoms with E-state index in [1.807, 2.05) is 24.4 Å². The van der Waals surface area contributed by atoms with Crippen molar-refractivity contribution in [3.63, 3.8) is 0 Å². The van der Waals surface area contributed by atoms with Crippen LogP contribution in [0.4, 0.5) is 20.3 Å². The molecule has 2 saturated heterocycles. The van der Waals surface area contributed by atoms with Crippen LogP contribution in [-0.2, 0) is 0 Å². The lowest BCUT2D eigenvalue weighted by molar-refractivity contribution is 0.198. The van der Waals surface area contributed by atoms with Crippen LogP contribution in [0.1, 0.15) is 30.9 Å². The number of nitrogens with zero attached hydrogens (tertiary/aromatic N) is 5. The third kappa shape index (κ3) is 3.17. The molecule has 2 atom stereocenters. The second kappa shape index (κ2) is 7.41. The molecule has 0 radical (unpaired) electrons. The summed E-state index contributed by atoms with van der Waals surface area (Å²) in [5, 5.41) is 15.4. The van der Waals surface area contributed by atoms with E-state index in [0.717, 1.165) is 66.5 Å². The molecule has 2 unspecified atom stereocenters. The van der Waals surface area contributed by atoms with E-state index in [9.17, 15) is 13.9 Å². The minimum Gasteiger partial charge on any atom is -0.391 e. The quantitative estimate of drug-likeness (QED) is 0.526. The Morgan fingerprint density at radius 1 is 1.00 bits per heavy atom. The molecule has 4 heterocycles. The van der Waals surface area contributed by atoms with Crippen molar-refractivity contribution in [3.8, 4) is 0 Å². The monoisotopic (exact) mass is 435 g/mol. The Hall–Kier alpha value is -3.26. The number of aliphatic hydroxyl groups is 1. The summed E-state index contributed by atoms with van der Waals surface area (Å²) in [4.78, 5) is 9.12. The zero-order valence-corrected chi connectivity index (χ0v) is 17.5. The number of rotatable bonds is 3. The number of fused-ring (bicyclic) bond motifs is 3. The van der Waals surface area contributed by atoms with Gasteiger partial charge in [0.2, 0.25) is 0 Å². The van der Waals surface area contributed by atoms with Gasteiger partial charge < -0.3 is 14.9 Å². The van der Waals surface area contributed by atoms with Crippen molar-refractivity contribution in [3.05, 3.63) is 65.9 Å². The highest BCUT2D eigenvalue weighted by Gasteiger charge is 2.30. The summed E-state index contributed by atoms with van der Waals surface area (Å²) in [6.45, 7) is 2.17. The summed E-state index contributed by atoms with van der Waals surface area (Å²) in [5.41, 5.74) is 2.98. The number of anilines is 2. The van der Waals surface area contributed by atoms with E-state index in [2.05, 4.69) is 21.0 Å². The fraction of sp³-hybridized carbons (Fsp3) is 0.333. The van der Waals surface area contributed by atoms with Crippen molar-refractivity contribution in [2.45, 2.75) is 31.4 Å². The Balaban J connectivity index is 1.41. The molecule has 2 aliphatic rings. The third-order valence-corrected chi connectivity index (χ3v) is 6.63. The number of benzene rings is 2. The van der Waals surface area contributed by atoms with Crippen LogP contribution < -0.4 is 9.80 Å². The summed E-state index contributed by atoms with van der Waals surface area (Å²) >= 11 is 0. The SMILES string of the molecule is OC1CCN(c2ccc3nn4ccc(N5CCCC5c5cc(F)ccc5F)nc4c3c2)C1. The minimum absolute atomic E-state index is 0.253. The van der Waals surface area contributed by atoms with Gasteiger partial charge in [0.1, 0.15) is 17.5 Å². The van der Waals surface area contributed by atoms with Crippen LogP contribution in [0.15, 0.2) is 48.7 Å². The van der Waals surface area contributed by atoms with E-state index in [0.29, 0.717) is 12.1 Å². The van der Waals surface area contributed by atoms with Crippen molar-refractivity contribution in [1.82, 2.24) is 14.6 Å². The van der Waals surface area contributed by atoms with E-state index in [4.69, 9.17) is 4.98 Å². The maximum Gasteiger partial charge on any atom is 0.165 e. The van der Waals surface area contributed by atoms with Crippen molar-refractivity contribution in [2.24, 2.45) is 0 Å². The molecule has 0 aliphatic carbocycles. The van der Waals surface area contributed by atoms with Crippen LogP contribution >= 0.6 is 0 Å². The summed E-state index contributed by atoms with van der Waals surface area (Å²) in [5.74, 6) is -0.0953. The van der Waals surface area contributed by atoms with Gasteiger partial charge in [-0.3, -0.25) is 0 Å².